The molecule has 2 aliphatic heterocycles. The molecular formula is C20H30N4O. The van der Waals surface area contributed by atoms with E-state index >= 15 is 0 Å². The van der Waals surface area contributed by atoms with Gasteiger partial charge < -0.3 is 15.1 Å². The van der Waals surface area contributed by atoms with Gasteiger partial charge in [-0.3, -0.25) is 9.79 Å². The number of aliphatic imine (C=N–C) groups is 1. The number of fused-ring (bicyclic) bond motifs is 1. The Kier molecular flexibility index (Phi) is 5.95. The van der Waals surface area contributed by atoms with Crippen molar-refractivity contribution in [1.29, 1.82) is 0 Å². The zero-order valence-corrected chi connectivity index (χ0v) is 15.5. The van der Waals surface area contributed by atoms with Gasteiger partial charge in [0.15, 0.2) is 5.96 Å². The van der Waals surface area contributed by atoms with Crippen molar-refractivity contribution in [3.05, 3.63) is 29.8 Å². The summed E-state index contributed by atoms with van der Waals surface area (Å²) in [7, 11) is 0. The molecule has 0 bridgehead atoms. The normalized spacial score (nSPS) is 20.6. The van der Waals surface area contributed by atoms with E-state index in [0.29, 0.717) is 19.0 Å². The van der Waals surface area contributed by atoms with Crippen LogP contribution in [0.1, 0.15) is 45.1 Å². The number of guanidine groups is 1. The maximum atomic E-state index is 12.5. The Hall–Kier alpha value is -2.04. The summed E-state index contributed by atoms with van der Waals surface area (Å²) in [5.41, 5.74) is 2.60. The number of hydrogen-bond acceptors (Lipinski definition) is 2. The molecule has 136 valence electrons. The molecule has 1 amide bonds. The summed E-state index contributed by atoms with van der Waals surface area (Å²) in [4.78, 5) is 21.5. The van der Waals surface area contributed by atoms with Crippen LogP contribution in [0.5, 0.6) is 0 Å². The minimum atomic E-state index is 0.244. The first-order chi connectivity index (χ1) is 12.2. The molecule has 2 heterocycles. The van der Waals surface area contributed by atoms with Crippen LogP contribution in [0.15, 0.2) is 29.3 Å². The second-order valence-corrected chi connectivity index (χ2v) is 6.95. The van der Waals surface area contributed by atoms with Crippen LogP contribution in [0, 0.1) is 0 Å². The lowest BCUT2D eigenvalue weighted by atomic mass is 10.0. The van der Waals surface area contributed by atoms with E-state index in [9.17, 15) is 4.79 Å². The fourth-order valence-corrected chi connectivity index (χ4v) is 3.82. The second kappa shape index (κ2) is 8.37. The zero-order chi connectivity index (χ0) is 17.6. The van der Waals surface area contributed by atoms with Crippen LogP contribution < -0.4 is 10.2 Å². The number of rotatable bonds is 4. The van der Waals surface area contributed by atoms with Crippen molar-refractivity contribution in [2.45, 2.75) is 52.0 Å². The summed E-state index contributed by atoms with van der Waals surface area (Å²) in [6.45, 7) is 7.47. The fraction of sp³-hybridized carbons (Fsp3) is 0.600. The van der Waals surface area contributed by atoms with Crippen LogP contribution in [0.2, 0.25) is 0 Å². The lowest BCUT2D eigenvalue weighted by Gasteiger charge is -2.33. The van der Waals surface area contributed by atoms with Crippen molar-refractivity contribution < 1.29 is 4.79 Å². The Balaban J connectivity index is 1.62. The standard InChI is InChI=1S/C20H30N4O/c1-3-21-20(24-15-12-17-9-4-5-10-18(17)24)22-13-11-19(25)23-14-7-6-8-16(23)2/h4-5,9-10,16H,3,6-8,11-15H2,1-2H3,(H,21,22). The van der Waals surface area contributed by atoms with E-state index in [2.05, 4.69) is 48.3 Å². The van der Waals surface area contributed by atoms with Gasteiger partial charge in [0.25, 0.3) is 0 Å². The van der Waals surface area contributed by atoms with Crippen LogP contribution in [0.25, 0.3) is 0 Å². The van der Waals surface area contributed by atoms with E-state index in [0.717, 1.165) is 44.9 Å². The third kappa shape index (κ3) is 4.14. The van der Waals surface area contributed by atoms with Crippen molar-refractivity contribution in [1.82, 2.24) is 10.2 Å². The predicted molar refractivity (Wildman–Crippen MR) is 103 cm³/mol. The highest BCUT2D eigenvalue weighted by Crippen LogP contribution is 2.27. The molecule has 25 heavy (non-hydrogen) atoms. The van der Waals surface area contributed by atoms with Crippen molar-refractivity contribution in [2.24, 2.45) is 4.99 Å². The van der Waals surface area contributed by atoms with E-state index in [-0.39, 0.29) is 5.91 Å². The lowest BCUT2D eigenvalue weighted by Crippen LogP contribution is -2.43. The predicted octanol–water partition coefficient (Wildman–Crippen LogP) is 2.81. The molecule has 1 fully saturated rings. The van der Waals surface area contributed by atoms with Gasteiger partial charge >= 0.3 is 0 Å². The Morgan fingerprint density at radius 2 is 2.12 bits per heavy atom. The van der Waals surface area contributed by atoms with Crippen LogP contribution in [-0.2, 0) is 11.2 Å². The summed E-state index contributed by atoms with van der Waals surface area (Å²) in [5, 5.41) is 3.38. The van der Waals surface area contributed by atoms with Gasteiger partial charge in [0.05, 0.1) is 6.54 Å². The minimum Gasteiger partial charge on any atom is -0.356 e. The molecule has 1 aromatic rings. The first-order valence-corrected chi connectivity index (χ1v) is 9.64. The molecule has 1 aromatic carbocycles. The van der Waals surface area contributed by atoms with Crippen molar-refractivity contribution in [2.75, 3.05) is 31.1 Å². The topological polar surface area (TPSA) is 47.9 Å². The number of amides is 1. The third-order valence-corrected chi connectivity index (χ3v) is 5.19. The average molecular weight is 342 g/mol. The molecule has 1 N–H and O–H groups in total. The SMILES string of the molecule is CCNC(=NCCC(=O)N1CCCCC1C)N1CCc2ccccc21. The number of carbonyl (C=O) groups is 1. The van der Waals surface area contributed by atoms with Gasteiger partial charge in [0, 0.05) is 37.8 Å². The Bertz CT molecular complexity index is 628. The molecule has 0 saturated carbocycles. The maximum Gasteiger partial charge on any atom is 0.224 e. The lowest BCUT2D eigenvalue weighted by molar-refractivity contribution is -0.134. The van der Waals surface area contributed by atoms with E-state index in [4.69, 9.17) is 4.99 Å². The summed E-state index contributed by atoms with van der Waals surface area (Å²) in [6, 6.07) is 8.87. The molecule has 2 aliphatic rings. The number of benzene rings is 1. The number of anilines is 1. The molecule has 3 rings (SSSR count). The smallest absolute Gasteiger partial charge is 0.224 e. The summed E-state index contributed by atoms with van der Waals surface area (Å²) < 4.78 is 0. The highest BCUT2D eigenvalue weighted by Gasteiger charge is 2.24. The number of para-hydroxylation sites is 1. The third-order valence-electron chi connectivity index (χ3n) is 5.19. The molecular weight excluding hydrogens is 312 g/mol. The van der Waals surface area contributed by atoms with Gasteiger partial charge in [0.1, 0.15) is 0 Å². The van der Waals surface area contributed by atoms with Crippen molar-refractivity contribution in [3.8, 4) is 0 Å². The average Bonchev–Trinajstić information content (AvgIpc) is 3.05. The highest BCUT2D eigenvalue weighted by molar-refractivity contribution is 5.98. The van der Waals surface area contributed by atoms with Gasteiger partial charge in [-0.15, -0.1) is 0 Å². The monoisotopic (exact) mass is 342 g/mol. The number of piperidine rings is 1. The second-order valence-electron chi connectivity index (χ2n) is 6.95. The molecule has 1 atom stereocenters. The Labute approximate surface area is 151 Å². The molecule has 0 aliphatic carbocycles. The van der Waals surface area contributed by atoms with E-state index in [1.807, 2.05) is 4.90 Å². The van der Waals surface area contributed by atoms with Crippen LogP contribution in [-0.4, -0.2) is 49.0 Å². The molecule has 5 nitrogen and oxygen atoms in total. The summed E-state index contributed by atoms with van der Waals surface area (Å²) >= 11 is 0. The van der Waals surface area contributed by atoms with Gasteiger partial charge in [-0.25, -0.2) is 0 Å². The van der Waals surface area contributed by atoms with Gasteiger partial charge in [-0.2, -0.15) is 0 Å². The van der Waals surface area contributed by atoms with Crippen LogP contribution in [0.4, 0.5) is 5.69 Å². The fourth-order valence-electron chi connectivity index (χ4n) is 3.82. The minimum absolute atomic E-state index is 0.244. The molecule has 1 saturated heterocycles. The van der Waals surface area contributed by atoms with E-state index < -0.39 is 0 Å². The Morgan fingerprint density at radius 3 is 2.92 bits per heavy atom. The number of hydrogen-bond donors (Lipinski definition) is 1. The molecule has 5 heteroatoms. The van der Waals surface area contributed by atoms with Gasteiger partial charge in [-0.05, 0) is 51.2 Å². The first kappa shape index (κ1) is 17.8. The molecule has 1 unspecified atom stereocenters. The highest BCUT2D eigenvalue weighted by atomic mass is 16.2. The molecule has 0 aromatic heterocycles. The maximum absolute atomic E-state index is 12.5. The van der Waals surface area contributed by atoms with Crippen molar-refractivity contribution in [3.63, 3.8) is 0 Å². The van der Waals surface area contributed by atoms with Crippen molar-refractivity contribution >= 4 is 17.6 Å². The molecule has 0 radical (unpaired) electrons. The number of nitrogens with one attached hydrogen (secondary N) is 1. The van der Waals surface area contributed by atoms with Crippen LogP contribution >= 0.6 is 0 Å². The van der Waals surface area contributed by atoms with Crippen LogP contribution in [0.3, 0.4) is 0 Å². The zero-order valence-electron chi connectivity index (χ0n) is 15.5. The summed E-state index contributed by atoms with van der Waals surface area (Å²) in [6.07, 6.45) is 5.04. The number of carbonyl (C=O) groups excluding carboxylic acids is 1. The van der Waals surface area contributed by atoms with Gasteiger partial charge in [0.2, 0.25) is 5.91 Å². The quantitative estimate of drug-likeness (QED) is 0.676. The van der Waals surface area contributed by atoms with E-state index in [1.54, 1.807) is 0 Å². The number of likely N-dealkylation sites (tertiary alicyclic amines) is 1. The Morgan fingerprint density at radius 1 is 1.28 bits per heavy atom. The van der Waals surface area contributed by atoms with Gasteiger partial charge in [-0.1, -0.05) is 18.2 Å². The first-order valence-electron chi connectivity index (χ1n) is 9.64. The largest absolute Gasteiger partial charge is 0.356 e. The number of nitrogens with zero attached hydrogens (tertiary/aromatic N) is 3. The summed E-state index contributed by atoms with van der Waals surface area (Å²) in [5.74, 6) is 1.14. The molecule has 0 spiro atoms. The van der Waals surface area contributed by atoms with E-state index in [1.165, 1.54) is 17.7 Å².